The third-order valence-corrected chi connectivity index (χ3v) is 5.13. The Balaban J connectivity index is 1.88. The summed E-state index contributed by atoms with van der Waals surface area (Å²) in [6, 6.07) is 0.731. The van der Waals surface area contributed by atoms with E-state index < -0.39 is 0 Å². The average molecular weight is 253 g/mol. The molecule has 1 N–H and O–H groups in total. The Bertz CT molecular complexity index is 248. The van der Waals surface area contributed by atoms with Crippen molar-refractivity contribution in [2.24, 2.45) is 5.41 Å². The molecule has 2 aliphatic rings. The molecule has 2 heterocycles. The van der Waals surface area contributed by atoms with E-state index in [1.54, 1.807) is 0 Å². The second-order valence-electron chi connectivity index (χ2n) is 6.35. The highest BCUT2D eigenvalue weighted by Gasteiger charge is 2.34. The summed E-state index contributed by atoms with van der Waals surface area (Å²) in [7, 11) is 0. The number of nitrogens with one attached hydrogen (secondary N) is 1. The number of nitrogens with zero attached hydrogens (tertiary/aromatic N) is 2. The van der Waals surface area contributed by atoms with Crippen molar-refractivity contribution < 1.29 is 0 Å². The van der Waals surface area contributed by atoms with Crippen LogP contribution in [-0.4, -0.2) is 61.7 Å². The van der Waals surface area contributed by atoms with Crippen molar-refractivity contribution in [1.82, 2.24) is 15.1 Å². The molecule has 0 spiro atoms. The highest BCUT2D eigenvalue weighted by atomic mass is 15.3. The van der Waals surface area contributed by atoms with Crippen molar-refractivity contribution in [2.75, 3.05) is 45.8 Å². The van der Waals surface area contributed by atoms with Crippen molar-refractivity contribution in [2.45, 2.75) is 46.1 Å². The lowest BCUT2D eigenvalue weighted by atomic mass is 9.77. The van der Waals surface area contributed by atoms with Crippen LogP contribution in [0, 0.1) is 5.41 Å². The molecule has 0 aliphatic carbocycles. The number of piperidine rings is 1. The smallest absolute Gasteiger partial charge is 0.0195 e. The highest BCUT2D eigenvalue weighted by Crippen LogP contribution is 2.31. The first-order valence-corrected chi connectivity index (χ1v) is 7.86. The van der Waals surface area contributed by atoms with Crippen LogP contribution in [0.15, 0.2) is 0 Å². The SMILES string of the molecule is CCN1CCN(CC2(CC)CCCNC2)CC1C. The normalized spacial score (nSPS) is 35.8. The van der Waals surface area contributed by atoms with E-state index in [0.29, 0.717) is 5.41 Å². The summed E-state index contributed by atoms with van der Waals surface area (Å²) in [4.78, 5) is 5.32. The summed E-state index contributed by atoms with van der Waals surface area (Å²) in [5, 5.41) is 3.61. The zero-order chi connectivity index (χ0) is 13.0. The Morgan fingerprint density at radius 3 is 2.67 bits per heavy atom. The van der Waals surface area contributed by atoms with Crippen LogP contribution in [-0.2, 0) is 0 Å². The van der Waals surface area contributed by atoms with E-state index >= 15 is 0 Å². The van der Waals surface area contributed by atoms with E-state index in [1.807, 2.05) is 0 Å². The number of rotatable bonds is 4. The van der Waals surface area contributed by atoms with E-state index in [0.717, 1.165) is 6.04 Å². The average Bonchev–Trinajstić information content (AvgIpc) is 2.40. The van der Waals surface area contributed by atoms with Crippen LogP contribution in [0.1, 0.15) is 40.0 Å². The molecule has 0 aromatic carbocycles. The first kappa shape index (κ1) is 14.3. The number of likely N-dealkylation sites (N-methyl/N-ethyl adjacent to an activating group) is 1. The Morgan fingerprint density at radius 1 is 1.28 bits per heavy atom. The van der Waals surface area contributed by atoms with E-state index in [9.17, 15) is 0 Å². The van der Waals surface area contributed by atoms with Gasteiger partial charge in [-0.2, -0.15) is 0 Å². The van der Waals surface area contributed by atoms with Crippen LogP contribution in [0.25, 0.3) is 0 Å². The third-order valence-electron chi connectivity index (χ3n) is 5.13. The first-order chi connectivity index (χ1) is 8.69. The van der Waals surface area contributed by atoms with Gasteiger partial charge in [0.15, 0.2) is 0 Å². The zero-order valence-electron chi connectivity index (χ0n) is 12.5. The fraction of sp³-hybridized carbons (Fsp3) is 1.00. The Morgan fingerprint density at radius 2 is 2.11 bits per heavy atom. The van der Waals surface area contributed by atoms with Crippen molar-refractivity contribution >= 4 is 0 Å². The number of hydrogen-bond donors (Lipinski definition) is 1. The van der Waals surface area contributed by atoms with Gasteiger partial charge in [-0.25, -0.2) is 0 Å². The molecule has 2 atom stereocenters. The van der Waals surface area contributed by atoms with Gasteiger partial charge in [0.05, 0.1) is 0 Å². The quantitative estimate of drug-likeness (QED) is 0.824. The van der Waals surface area contributed by atoms with Crippen molar-refractivity contribution in [3.05, 3.63) is 0 Å². The van der Waals surface area contributed by atoms with Crippen LogP contribution < -0.4 is 5.32 Å². The van der Waals surface area contributed by atoms with Gasteiger partial charge in [-0.05, 0) is 44.7 Å². The fourth-order valence-electron chi connectivity index (χ4n) is 3.74. The van der Waals surface area contributed by atoms with Crippen LogP contribution in [0.5, 0.6) is 0 Å². The minimum Gasteiger partial charge on any atom is -0.316 e. The molecule has 106 valence electrons. The van der Waals surface area contributed by atoms with Crippen LogP contribution in [0.4, 0.5) is 0 Å². The van der Waals surface area contributed by atoms with Gasteiger partial charge in [0.2, 0.25) is 0 Å². The monoisotopic (exact) mass is 253 g/mol. The topological polar surface area (TPSA) is 18.5 Å². The van der Waals surface area contributed by atoms with Gasteiger partial charge in [-0.3, -0.25) is 9.80 Å². The lowest BCUT2D eigenvalue weighted by Crippen LogP contribution is -2.56. The molecule has 0 aromatic heterocycles. The molecule has 2 unspecified atom stereocenters. The maximum absolute atomic E-state index is 3.61. The van der Waals surface area contributed by atoms with E-state index in [2.05, 4.69) is 35.9 Å². The Hall–Kier alpha value is -0.120. The lowest BCUT2D eigenvalue weighted by molar-refractivity contribution is 0.0421. The van der Waals surface area contributed by atoms with E-state index in [1.165, 1.54) is 65.1 Å². The fourth-order valence-corrected chi connectivity index (χ4v) is 3.74. The minimum absolute atomic E-state index is 0.548. The summed E-state index contributed by atoms with van der Waals surface area (Å²) in [6.45, 7) is 15.8. The van der Waals surface area contributed by atoms with Gasteiger partial charge in [0.1, 0.15) is 0 Å². The predicted molar refractivity (Wildman–Crippen MR) is 78.0 cm³/mol. The highest BCUT2D eigenvalue weighted by molar-refractivity contribution is 4.89. The minimum atomic E-state index is 0.548. The van der Waals surface area contributed by atoms with Crippen LogP contribution in [0.2, 0.25) is 0 Å². The van der Waals surface area contributed by atoms with Gasteiger partial charge in [0.25, 0.3) is 0 Å². The van der Waals surface area contributed by atoms with Gasteiger partial charge in [0, 0.05) is 38.8 Å². The molecule has 3 nitrogen and oxygen atoms in total. The summed E-state index contributed by atoms with van der Waals surface area (Å²) < 4.78 is 0. The van der Waals surface area contributed by atoms with E-state index in [-0.39, 0.29) is 0 Å². The van der Waals surface area contributed by atoms with Gasteiger partial charge >= 0.3 is 0 Å². The van der Waals surface area contributed by atoms with Crippen molar-refractivity contribution in [3.63, 3.8) is 0 Å². The molecule has 0 amide bonds. The van der Waals surface area contributed by atoms with Gasteiger partial charge in [-0.1, -0.05) is 13.8 Å². The van der Waals surface area contributed by atoms with E-state index in [4.69, 9.17) is 0 Å². The van der Waals surface area contributed by atoms with Gasteiger partial charge in [-0.15, -0.1) is 0 Å². The zero-order valence-corrected chi connectivity index (χ0v) is 12.5. The number of piperazine rings is 1. The molecule has 0 saturated carbocycles. The van der Waals surface area contributed by atoms with Crippen LogP contribution >= 0.6 is 0 Å². The largest absolute Gasteiger partial charge is 0.316 e. The van der Waals surface area contributed by atoms with Crippen molar-refractivity contribution in [3.8, 4) is 0 Å². The lowest BCUT2D eigenvalue weighted by Gasteiger charge is -2.45. The Kier molecular flexibility index (Phi) is 5.05. The summed E-state index contributed by atoms with van der Waals surface area (Å²) in [5.41, 5.74) is 0.548. The molecule has 2 aliphatic heterocycles. The molecular formula is C15H31N3. The predicted octanol–water partition coefficient (Wildman–Crippen LogP) is 1.79. The maximum Gasteiger partial charge on any atom is 0.0195 e. The molecule has 0 bridgehead atoms. The number of hydrogen-bond acceptors (Lipinski definition) is 3. The summed E-state index contributed by atoms with van der Waals surface area (Å²) in [6.07, 6.45) is 4.10. The second-order valence-corrected chi connectivity index (χ2v) is 6.35. The molecule has 0 aromatic rings. The molecular weight excluding hydrogens is 222 g/mol. The second kappa shape index (κ2) is 6.36. The summed E-state index contributed by atoms with van der Waals surface area (Å²) in [5.74, 6) is 0. The molecule has 2 saturated heterocycles. The van der Waals surface area contributed by atoms with Crippen molar-refractivity contribution in [1.29, 1.82) is 0 Å². The molecule has 2 rings (SSSR count). The molecule has 3 heteroatoms. The Labute approximate surface area is 113 Å². The molecule has 0 radical (unpaired) electrons. The summed E-state index contributed by atoms with van der Waals surface area (Å²) >= 11 is 0. The third kappa shape index (κ3) is 3.25. The van der Waals surface area contributed by atoms with Gasteiger partial charge < -0.3 is 5.32 Å². The maximum atomic E-state index is 3.61. The van der Waals surface area contributed by atoms with Crippen LogP contribution in [0.3, 0.4) is 0 Å². The molecule has 18 heavy (non-hydrogen) atoms. The standard InChI is InChI=1S/C15H31N3/c1-4-15(7-6-8-16-12-15)13-17-9-10-18(5-2)14(3)11-17/h14,16H,4-13H2,1-3H3. The first-order valence-electron chi connectivity index (χ1n) is 7.86. The molecule has 2 fully saturated rings.